The first-order chi connectivity index (χ1) is 12.5. The summed E-state index contributed by atoms with van der Waals surface area (Å²) < 4.78 is 0. The van der Waals surface area contributed by atoms with Gasteiger partial charge in [0.1, 0.15) is 5.78 Å². The molecule has 0 aromatic rings. The lowest BCUT2D eigenvalue weighted by atomic mass is 9.88. The highest BCUT2D eigenvalue weighted by Crippen LogP contribution is 2.34. The molecule has 1 fully saturated rings. The van der Waals surface area contributed by atoms with Crippen LogP contribution in [0.2, 0.25) is 0 Å². The molecule has 1 rings (SSSR count). The van der Waals surface area contributed by atoms with Crippen LogP contribution in [0.1, 0.15) is 84.0 Å². The van der Waals surface area contributed by atoms with Crippen molar-refractivity contribution < 1.29 is 24.9 Å². The highest BCUT2D eigenvalue weighted by molar-refractivity contribution is 5.84. The lowest BCUT2D eigenvalue weighted by Crippen LogP contribution is -2.18. The third-order valence-corrected chi connectivity index (χ3v) is 5.30. The van der Waals surface area contributed by atoms with E-state index in [9.17, 15) is 19.8 Å². The lowest BCUT2D eigenvalue weighted by Gasteiger charge is -2.17. The SMILES string of the molecule is CCCCCC(O)CC=C[C@H]1[C@H](O)CC(=O)[C@@H]1CCCCCCC(=O)O. The van der Waals surface area contributed by atoms with Crippen LogP contribution in [0, 0.1) is 11.8 Å². The van der Waals surface area contributed by atoms with Crippen LogP contribution < -0.4 is 0 Å². The van der Waals surface area contributed by atoms with Gasteiger partial charge in [-0.25, -0.2) is 0 Å². The van der Waals surface area contributed by atoms with Gasteiger partial charge in [0, 0.05) is 24.7 Å². The van der Waals surface area contributed by atoms with Crippen LogP contribution in [0.15, 0.2) is 12.2 Å². The maximum atomic E-state index is 12.2. The Hall–Kier alpha value is -1.20. The van der Waals surface area contributed by atoms with Crippen molar-refractivity contribution in [2.75, 3.05) is 0 Å². The van der Waals surface area contributed by atoms with Crippen molar-refractivity contribution in [3.8, 4) is 0 Å². The summed E-state index contributed by atoms with van der Waals surface area (Å²) in [6.45, 7) is 2.14. The minimum atomic E-state index is -0.763. The number of aliphatic carboxylic acids is 1. The molecule has 1 aliphatic carbocycles. The predicted molar refractivity (Wildman–Crippen MR) is 102 cm³/mol. The Morgan fingerprint density at radius 2 is 1.92 bits per heavy atom. The third kappa shape index (κ3) is 8.95. The van der Waals surface area contributed by atoms with Gasteiger partial charge in [0.05, 0.1) is 12.2 Å². The van der Waals surface area contributed by atoms with Gasteiger partial charge in [-0.1, -0.05) is 57.6 Å². The van der Waals surface area contributed by atoms with Gasteiger partial charge in [0.15, 0.2) is 0 Å². The number of rotatable bonds is 14. The monoisotopic (exact) mass is 368 g/mol. The second-order valence-electron chi connectivity index (χ2n) is 7.58. The number of hydrogen-bond acceptors (Lipinski definition) is 4. The predicted octanol–water partition coefficient (Wildman–Crippen LogP) is 3.87. The Bertz CT molecular complexity index is 446. The molecule has 0 spiro atoms. The maximum Gasteiger partial charge on any atom is 0.303 e. The Labute approximate surface area is 157 Å². The molecule has 0 amide bonds. The van der Waals surface area contributed by atoms with Crippen LogP contribution in [0.4, 0.5) is 0 Å². The Morgan fingerprint density at radius 1 is 1.19 bits per heavy atom. The minimum absolute atomic E-state index is 0.126. The molecule has 5 nitrogen and oxygen atoms in total. The number of carboxylic acid groups (broad SMARTS) is 1. The van der Waals surface area contributed by atoms with E-state index in [1.54, 1.807) is 0 Å². The van der Waals surface area contributed by atoms with Crippen LogP contribution >= 0.6 is 0 Å². The molecule has 0 bridgehead atoms. The highest BCUT2D eigenvalue weighted by Gasteiger charge is 2.39. The van der Waals surface area contributed by atoms with E-state index in [-0.39, 0.29) is 36.6 Å². The third-order valence-electron chi connectivity index (χ3n) is 5.30. The zero-order valence-corrected chi connectivity index (χ0v) is 16.1. The molecule has 0 saturated heterocycles. The van der Waals surface area contributed by atoms with E-state index in [2.05, 4.69) is 6.92 Å². The van der Waals surface area contributed by atoms with E-state index < -0.39 is 12.1 Å². The van der Waals surface area contributed by atoms with Crippen molar-refractivity contribution in [2.45, 2.75) is 96.2 Å². The van der Waals surface area contributed by atoms with Gasteiger partial charge in [0.25, 0.3) is 0 Å². The average molecular weight is 369 g/mol. The molecule has 1 saturated carbocycles. The standard InChI is InChI=1S/C21H36O5/c1-2-3-6-10-16(22)11-9-13-18-17(19(23)15-20(18)24)12-7-4-5-8-14-21(25)26/h9,13,16-18,20,22,24H,2-8,10-12,14-15H2,1H3,(H,25,26)/t16?,17-,18-,20-/m1/s1. The second-order valence-corrected chi connectivity index (χ2v) is 7.58. The number of unbranched alkanes of at least 4 members (excludes halogenated alkanes) is 5. The minimum Gasteiger partial charge on any atom is -0.481 e. The highest BCUT2D eigenvalue weighted by atomic mass is 16.4. The quantitative estimate of drug-likeness (QED) is 0.320. The van der Waals surface area contributed by atoms with Crippen molar-refractivity contribution in [1.29, 1.82) is 0 Å². The number of carbonyl (C=O) groups is 2. The zero-order valence-electron chi connectivity index (χ0n) is 16.1. The van der Waals surface area contributed by atoms with Gasteiger partial charge in [-0.05, 0) is 25.7 Å². The molecule has 4 atom stereocenters. The Kier molecular flexibility index (Phi) is 11.5. The topological polar surface area (TPSA) is 94.8 Å². The van der Waals surface area contributed by atoms with Crippen molar-refractivity contribution in [2.24, 2.45) is 11.8 Å². The number of ketones is 1. The molecular formula is C21H36O5. The smallest absolute Gasteiger partial charge is 0.303 e. The van der Waals surface area contributed by atoms with Crippen LogP contribution in [-0.2, 0) is 9.59 Å². The van der Waals surface area contributed by atoms with E-state index in [4.69, 9.17) is 5.11 Å². The summed E-state index contributed by atoms with van der Waals surface area (Å²) in [4.78, 5) is 22.6. The van der Waals surface area contributed by atoms with Crippen molar-refractivity contribution >= 4 is 11.8 Å². The summed E-state index contributed by atoms with van der Waals surface area (Å²) in [5.41, 5.74) is 0. The summed E-state index contributed by atoms with van der Waals surface area (Å²) in [5.74, 6) is -0.926. The first-order valence-electron chi connectivity index (χ1n) is 10.2. The van der Waals surface area contributed by atoms with Gasteiger partial charge in [-0.3, -0.25) is 9.59 Å². The van der Waals surface area contributed by atoms with Crippen LogP contribution in [0.5, 0.6) is 0 Å². The largest absolute Gasteiger partial charge is 0.481 e. The van der Waals surface area contributed by atoms with E-state index in [0.29, 0.717) is 12.8 Å². The molecule has 3 N–H and O–H groups in total. The van der Waals surface area contributed by atoms with Crippen LogP contribution in [-0.4, -0.2) is 39.3 Å². The van der Waals surface area contributed by atoms with E-state index in [1.807, 2.05) is 12.2 Å². The molecule has 0 aliphatic heterocycles. The summed E-state index contributed by atoms with van der Waals surface area (Å²) in [6, 6.07) is 0. The fraction of sp³-hybridized carbons (Fsp3) is 0.810. The lowest BCUT2D eigenvalue weighted by molar-refractivity contribution is -0.137. The molecule has 150 valence electrons. The molecule has 1 aliphatic rings. The van der Waals surface area contributed by atoms with Crippen LogP contribution in [0.25, 0.3) is 0 Å². The molecular weight excluding hydrogens is 332 g/mol. The fourth-order valence-corrected chi connectivity index (χ4v) is 3.73. The van der Waals surface area contributed by atoms with Gasteiger partial charge in [-0.2, -0.15) is 0 Å². The maximum absolute atomic E-state index is 12.2. The van der Waals surface area contributed by atoms with E-state index in [1.165, 1.54) is 0 Å². The van der Waals surface area contributed by atoms with Crippen LogP contribution in [0.3, 0.4) is 0 Å². The summed E-state index contributed by atoms with van der Waals surface area (Å²) >= 11 is 0. The van der Waals surface area contributed by atoms with Crippen molar-refractivity contribution in [1.82, 2.24) is 0 Å². The number of aliphatic hydroxyl groups is 2. The Morgan fingerprint density at radius 3 is 2.62 bits per heavy atom. The van der Waals surface area contributed by atoms with Crippen molar-refractivity contribution in [3.05, 3.63) is 12.2 Å². The number of hydrogen-bond donors (Lipinski definition) is 3. The summed E-state index contributed by atoms with van der Waals surface area (Å²) in [6.07, 6.45) is 12.0. The summed E-state index contributed by atoms with van der Waals surface area (Å²) in [5, 5.41) is 28.8. The van der Waals surface area contributed by atoms with E-state index >= 15 is 0 Å². The number of Topliss-reactive ketones (excluding diaryl/α,β-unsaturated/α-hetero) is 1. The Balaban J connectivity index is 2.35. The summed E-state index contributed by atoms with van der Waals surface area (Å²) in [7, 11) is 0. The number of carbonyl (C=O) groups excluding carboxylic acids is 1. The van der Waals surface area contributed by atoms with Crippen molar-refractivity contribution in [3.63, 3.8) is 0 Å². The molecule has 0 aromatic carbocycles. The number of carboxylic acids is 1. The molecule has 5 heteroatoms. The fourth-order valence-electron chi connectivity index (χ4n) is 3.73. The molecule has 0 heterocycles. The molecule has 1 unspecified atom stereocenters. The molecule has 26 heavy (non-hydrogen) atoms. The first kappa shape index (κ1) is 22.8. The van der Waals surface area contributed by atoms with Gasteiger partial charge < -0.3 is 15.3 Å². The molecule has 0 aromatic heterocycles. The van der Waals surface area contributed by atoms with E-state index in [0.717, 1.165) is 51.4 Å². The number of aliphatic hydroxyl groups excluding tert-OH is 2. The average Bonchev–Trinajstić information content (AvgIpc) is 2.84. The first-order valence-corrected chi connectivity index (χ1v) is 10.2. The van der Waals surface area contributed by atoms with Gasteiger partial charge >= 0.3 is 5.97 Å². The zero-order chi connectivity index (χ0) is 19.4. The van der Waals surface area contributed by atoms with Gasteiger partial charge in [-0.15, -0.1) is 0 Å². The van der Waals surface area contributed by atoms with Gasteiger partial charge in [0.2, 0.25) is 0 Å². The second kappa shape index (κ2) is 13.0. The molecule has 0 radical (unpaired) electrons. The normalized spacial score (nSPS) is 24.4.